The van der Waals surface area contributed by atoms with E-state index in [0.717, 1.165) is 42.6 Å². The minimum atomic E-state index is -1.08. The molecule has 1 atom stereocenters. The Morgan fingerprint density at radius 1 is 1.09 bits per heavy atom. The Labute approximate surface area is 263 Å². The zero-order valence-electron chi connectivity index (χ0n) is 23.8. The number of carboxylic acids is 1. The number of nitrogens with zero attached hydrogens (tertiary/aromatic N) is 4. The molecule has 0 bridgehead atoms. The van der Waals surface area contributed by atoms with E-state index in [1.165, 1.54) is 4.90 Å². The molecule has 1 aliphatic heterocycles. The highest BCUT2D eigenvalue weighted by Gasteiger charge is 2.40. The van der Waals surface area contributed by atoms with Gasteiger partial charge in [-0.3, -0.25) is 24.2 Å². The Morgan fingerprint density at radius 3 is 2.57 bits per heavy atom. The van der Waals surface area contributed by atoms with E-state index in [2.05, 4.69) is 9.97 Å². The summed E-state index contributed by atoms with van der Waals surface area (Å²) in [5.41, 5.74) is 2.68. The lowest BCUT2D eigenvalue weighted by Crippen LogP contribution is -2.39. The van der Waals surface area contributed by atoms with Gasteiger partial charge in [-0.2, -0.15) is 4.39 Å². The summed E-state index contributed by atoms with van der Waals surface area (Å²) in [5, 5.41) is 9.60. The smallest absolute Gasteiger partial charge is 0.304 e. The summed E-state index contributed by atoms with van der Waals surface area (Å²) in [6.45, 7) is 0.624. The monoisotopic (exact) mass is 632 g/mol. The maximum atomic E-state index is 15.8. The van der Waals surface area contributed by atoms with Gasteiger partial charge in [0.05, 0.1) is 12.3 Å². The Hall–Kier alpha value is -4.15. The van der Waals surface area contributed by atoms with E-state index < -0.39 is 17.0 Å². The molecule has 0 radical (unpaired) electrons. The largest absolute Gasteiger partial charge is 0.481 e. The Balaban J connectivity index is 1.32. The molecular weight excluding hydrogens is 603 g/mol. The fourth-order valence-electron chi connectivity index (χ4n) is 5.59. The van der Waals surface area contributed by atoms with Crippen molar-refractivity contribution in [3.63, 3.8) is 0 Å². The van der Waals surface area contributed by atoms with Crippen LogP contribution in [0, 0.1) is 11.0 Å². The molecule has 6 rings (SSSR count). The van der Waals surface area contributed by atoms with Crippen molar-refractivity contribution in [2.75, 3.05) is 16.3 Å². The van der Waals surface area contributed by atoms with Crippen LogP contribution in [0.25, 0.3) is 22.4 Å². The number of carbonyl (C=O) groups excluding carboxylic acids is 2. The summed E-state index contributed by atoms with van der Waals surface area (Å²) in [6.07, 6.45) is 5.31. The van der Waals surface area contributed by atoms with Crippen LogP contribution in [0.15, 0.2) is 66.9 Å². The summed E-state index contributed by atoms with van der Waals surface area (Å²) >= 11 is 7.13. The van der Waals surface area contributed by atoms with Crippen LogP contribution in [-0.4, -0.2) is 45.4 Å². The first-order valence-electron chi connectivity index (χ1n) is 14.6. The van der Waals surface area contributed by atoms with Crippen molar-refractivity contribution in [1.29, 1.82) is 0 Å². The van der Waals surface area contributed by atoms with Gasteiger partial charge >= 0.3 is 5.97 Å². The maximum absolute atomic E-state index is 15.8. The minimum Gasteiger partial charge on any atom is -0.481 e. The number of aliphatic carboxylic acids is 1. The first-order valence-corrected chi connectivity index (χ1v) is 15.8. The van der Waals surface area contributed by atoms with E-state index >= 15 is 4.39 Å². The number of pyridine rings is 1. The molecule has 2 aromatic heterocycles. The number of rotatable bonds is 10. The molecule has 3 heterocycles. The van der Waals surface area contributed by atoms with Gasteiger partial charge in [0, 0.05) is 41.4 Å². The van der Waals surface area contributed by atoms with Gasteiger partial charge in [-0.05, 0) is 67.5 Å². The lowest BCUT2D eigenvalue weighted by Gasteiger charge is -2.25. The normalized spacial score (nSPS) is 15.7. The van der Waals surface area contributed by atoms with Gasteiger partial charge in [-0.25, -0.2) is 9.97 Å². The van der Waals surface area contributed by atoms with Crippen molar-refractivity contribution in [3.8, 4) is 22.4 Å². The van der Waals surface area contributed by atoms with Gasteiger partial charge in [0.25, 0.3) is 0 Å². The summed E-state index contributed by atoms with van der Waals surface area (Å²) in [5.74, 6) is -1.67. The number of thiazole rings is 1. The van der Waals surface area contributed by atoms with Crippen molar-refractivity contribution in [3.05, 3.63) is 82.6 Å². The second-order valence-electron chi connectivity index (χ2n) is 11.1. The Bertz CT molecular complexity index is 1690. The standard InChI is InChI=1S/C33H30ClFN4O4S/c34-23-10-13-25(21-9-14-27(36-19-21)38-15-5-4-8-28(38)40)26(18-23)30-31(35)44-33(37-30)39(24-11-12-24)32(43)22(17-29(41)42)16-20-6-2-1-3-7-20/h1-3,6-7,9-10,13-14,18-19,22,24H,4-5,8,11-12,15-17H2,(H,41,42). The number of halogens is 2. The molecule has 2 aromatic carbocycles. The van der Waals surface area contributed by atoms with Gasteiger partial charge in [0.15, 0.2) is 5.13 Å². The minimum absolute atomic E-state index is 0.0462. The number of aromatic nitrogens is 2. The van der Waals surface area contributed by atoms with E-state index in [-0.39, 0.29) is 41.5 Å². The number of anilines is 2. The summed E-state index contributed by atoms with van der Waals surface area (Å²) in [6, 6.07) is 17.8. The summed E-state index contributed by atoms with van der Waals surface area (Å²) < 4.78 is 15.8. The van der Waals surface area contributed by atoms with Crippen molar-refractivity contribution < 1.29 is 23.9 Å². The van der Waals surface area contributed by atoms with Crippen molar-refractivity contribution in [1.82, 2.24) is 9.97 Å². The molecule has 8 nitrogen and oxygen atoms in total. The second kappa shape index (κ2) is 12.8. The van der Waals surface area contributed by atoms with Crippen LogP contribution in [0.4, 0.5) is 15.3 Å². The molecule has 2 aliphatic rings. The number of benzene rings is 2. The van der Waals surface area contributed by atoms with Crippen molar-refractivity contribution in [2.45, 2.75) is 51.0 Å². The molecule has 0 spiro atoms. The first-order chi connectivity index (χ1) is 21.3. The summed E-state index contributed by atoms with van der Waals surface area (Å²) in [7, 11) is 0. The average Bonchev–Trinajstić information content (AvgIpc) is 3.78. The summed E-state index contributed by atoms with van der Waals surface area (Å²) in [4.78, 5) is 50.3. The van der Waals surface area contributed by atoms with Crippen LogP contribution in [-0.2, 0) is 20.8 Å². The van der Waals surface area contributed by atoms with Crippen LogP contribution >= 0.6 is 22.9 Å². The molecule has 2 amide bonds. The molecule has 11 heteroatoms. The SMILES string of the molecule is O=C(O)CC(Cc1ccccc1)C(=O)N(c1nc(-c2cc(Cl)ccc2-c2ccc(N3CCCCC3=O)nc2)c(F)s1)C1CC1. The van der Waals surface area contributed by atoms with Crippen molar-refractivity contribution >= 4 is 51.7 Å². The zero-order valence-corrected chi connectivity index (χ0v) is 25.4. The van der Waals surface area contributed by atoms with Crippen LogP contribution < -0.4 is 9.80 Å². The molecular formula is C33H30ClFN4O4S. The van der Waals surface area contributed by atoms with Crippen LogP contribution in [0.1, 0.15) is 44.1 Å². The van der Waals surface area contributed by atoms with Crippen LogP contribution in [0.3, 0.4) is 0 Å². The van der Waals surface area contributed by atoms with E-state index in [4.69, 9.17) is 11.6 Å². The van der Waals surface area contributed by atoms with Crippen LogP contribution in [0.5, 0.6) is 0 Å². The molecule has 2 fully saturated rings. The van der Waals surface area contributed by atoms with Gasteiger partial charge in [0.2, 0.25) is 16.9 Å². The second-order valence-corrected chi connectivity index (χ2v) is 12.5. The molecule has 1 N–H and O–H groups in total. The molecule has 226 valence electrons. The molecule has 1 saturated heterocycles. The van der Waals surface area contributed by atoms with E-state index in [1.807, 2.05) is 36.4 Å². The highest BCUT2D eigenvalue weighted by molar-refractivity contribution is 7.14. The number of amides is 2. The predicted octanol–water partition coefficient (Wildman–Crippen LogP) is 7.01. The van der Waals surface area contributed by atoms with Gasteiger partial charge in [-0.1, -0.05) is 59.3 Å². The number of piperidine rings is 1. The molecule has 1 unspecified atom stereocenters. The topological polar surface area (TPSA) is 104 Å². The van der Waals surface area contributed by atoms with Crippen LogP contribution in [0.2, 0.25) is 5.02 Å². The first kappa shape index (κ1) is 29.9. The van der Waals surface area contributed by atoms with Gasteiger partial charge in [-0.15, -0.1) is 0 Å². The zero-order chi connectivity index (χ0) is 30.8. The number of hydrogen-bond acceptors (Lipinski definition) is 6. The average molecular weight is 633 g/mol. The third kappa shape index (κ3) is 6.51. The Kier molecular flexibility index (Phi) is 8.72. The Morgan fingerprint density at radius 2 is 1.89 bits per heavy atom. The number of carbonyl (C=O) groups is 3. The van der Waals surface area contributed by atoms with Gasteiger partial charge in [0.1, 0.15) is 11.5 Å². The molecule has 1 aliphatic carbocycles. The predicted molar refractivity (Wildman–Crippen MR) is 168 cm³/mol. The fraction of sp³-hybridized carbons (Fsp3) is 0.303. The highest BCUT2D eigenvalue weighted by Crippen LogP contribution is 2.42. The third-order valence-electron chi connectivity index (χ3n) is 7.92. The number of hydrogen-bond donors (Lipinski definition) is 1. The lowest BCUT2D eigenvalue weighted by molar-refractivity contribution is -0.140. The van der Waals surface area contributed by atoms with Crippen molar-refractivity contribution in [2.24, 2.45) is 5.92 Å². The molecule has 44 heavy (non-hydrogen) atoms. The quantitative estimate of drug-likeness (QED) is 0.202. The lowest BCUT2D eigenvalue weighted by atomic mass is 9.94. The highest BCUT2D eigenvalue weighted by atomic mass is 35.5. The maximum Gasteiger partial charge on any atom is 0.304 e. The number of carboxylic acid groups (broad SMARTS) is 1. The van der Waals surface area contributed by atoms with E-state index in [1.54, 1.807) is 35.4 Å². The fourth-order valence-corrected chi connectivity index (χ4v) is 6.65. The van der Waals surface area contributed by atoms with Gasteiger partial charge < -0.3 is 5.11 Å². The molecule has 1 saturated carbocycles. The molecule has 4 aromatic rings. The van der Waals surface area contributed by atoms with E-state index in [9.17, 15) is 19.5 Å². The van der Waals surface area contributed by atoms with E-state index in [0.29, 0.717) is 40.5 Å². The third-order valence-corrected chi connectivity index (χ3v) is 9.00.